The van der Waals surface area contributed by atoms with E-state index >= 15 is 0 Å². The van der Waals surface area contributed by atoms with Gasteiger partial charge in [-0.15, -0.1) is 0 Å². The molecule has 4 rings (SSSR count). The smallest absolute Gasteiger partial charge is 0.306 e. The van der Waals surface area contributed by atoms with Crippen molar-refractivity contribution in [3.05, 3.63) is 41.7 Å². The molecule has 2 heterocycles. The summed E-state index contributed by atoms with van der Waals surface area (Å²) in [5.74, 6) is -0.518. The first-order valence-electron chi connectivity index (χ1n) is 9.42. The number of nitrogens with two attached hydrogens (primary N) is 1. The summed E-state index contributed by atoms with van der Waals surface area (Å²) in [4.78, 5) is 33.6. The van der Waals surface area contributed by atoms with Crippen molar-refractivity contribution in [1.82, 2.24) is 9.97 Å². The Morgan fingerprint density at radius 1 is 1.14 bits per heavy atom. The third-order valence-electron chi connectivity index (χ3n) is 5.61. The van der Waals surface area contributed by atoms with E-state index in [-0.39, 0.29) is 29.1 Å². The summed E-state index contributed by atoms with van der Waals surface area (Å²) >= 11 is 0. The second-order valence-corrected chi connectivity index (χ2v) is 7.22. The van der Waals surface area contributed by atoms with E-state index in [0.717, 1.165) is 18.5 Å². The van der Waals surface area contributed by atoms with E-state index in [1.165, 1.54) is 11.9 Å². The summed E-state index contributed by atoms with van der Waals surface area (Å²) in [6.07, 6.45) is 4.44. The molecule has 0 radical (unpaired) electrons. The molecule has 28 heavy (non-hydrogen) atoms. The number of anilines is 2. The molecular formula is C20H22N4O4. The lowest BCUT2D eigenvalue weighted by Gasteiger charge is -2.27. The summed E-state index contributed by atoms with van der Waals surface area (Å²) in [5.41, 5.74) is 8.00. The van der Waals surface area contributed by atoms with Gasteiger partial charge in [0.1, 0.15) is 24.3 Å². The lowest BCUT2D eigenvalue weighted by atomic mass is 9.79. The Morgan fingerprint density at radius 2 is 1.86 bits per heavy atom. The zero-order valence-corrected chi connectivity index (χ0v) is 15.4. The normalized spacial score (nSPS) is 22.1. The molecule has 0 spiro atoms. The van der Waals surface area contributed by atoms with Crippen LogP contribution in [0.4, 0.5) is 11.5 Å². The van der Waals surface area contributed by atoms with Crippen molar-refractivity contribution in [2.75, 3.05) is 23.8 Å². The van der Waals surface area contributed by atoms with Gasteiger partial charge in [0.05, 0.1) is 12.5 Å². The lowest BCUT2D eigenvalue weighted by Crippen LogP contribution is -2.32. The van der Waals surface area contributed by atoms with Crippen LogP contribution in [-0.2, 0) is 4.79 Å². The Bertz CT molecular complexity index is 892. The molecular weight excluding hydrogens is 360 g/mol. The van der Waals surface area contributed by atoms with Crippen molar-refractivity contribution in [3.63, 3.8) is 0 Å². The summed E-state index contributed by atoms with van der Waals surface area (Å²) < 4.78 is 5.56. The third kappa shape index (κ3) is 3.37. The number of carboxylic acids is 1. The van der Waals surface area contributed by atoms with Crippen LogP contribution in [0.1, 0.15) is 47.5 Å². The average Bonchev–Trinajstić information content (AvgIpc) is 2.88. The van der Waals surface area contributed by atoms with Gasteiger partial charge in [-0.1, -0.05) is 12.1 Å². The van der Waals surface area contributed by atoms with Crippen molar-refractivity contribution in [2.45, 2.75) is 31.6 Å². The quantitative estimate of drug-likeness (QED) is 0.837. The molecule has 1 fully saturated rings. The fraction of sp³-hybridized carbons (Fsp3) is 0.400. The van der Waals surface area contributed by atoms with Gasteiger partial charge in [0.15, 0.2) is 0 Å². The highest BCUT2D eigenvalue weighted by molar-refractivity contribution is 6.10. The topological polar surface area (TPSA) is 119 Å². The van der Waals surface area contributed by atoms with E-state index < -0.39 is 5.97 Å². The highest BCUT2D eigenvalue weighted by Gasteiger charge is 2.29. The van der Waals surface area contributed by atoms with Crippen molar-refractivity contribution in [2.24, 2.45) is 5.92 Å². The van der Waals surface area contributed by atoms with Crippen LogP contribution in [0, 0.1) is 5.92 Å². The highest BCUT2D eigenvalue weighted by Crippen LogP contribution is 2.37. The van der Waals surface area contributed by atoms with Gasteiger partial charge in [0.2, 0.25) is 5.88 Å². The number of hydrogen-bond donors (Lipinski definition) is 2. The molecule has 2 aliphatic rings. The number of nitrogens with zero attached hydrogens (tertiary/aromatic N) is 3. The number of nitrogen functional groups attached to an aromatic ring is 1. The molecule has 0 saturated heterocycles. The van der Waals surface area contributed by atoms with E-state index in [1.54, 1.807) is 4.90 Å². The number of aliphatic carboxylic acids is 1. The van der Waals surface area contributed by atoms with Crippen LogP contribution in [0.15, 0.2) is 30.6 Å². The Morgan fingerprint density at radius 3 is 2.54 bits per heavy atom. The summed E-state index contributed by atoms with van der Waals surface area (Å²) in [6, 6.07) is 7.88. The largest absolute Gasteiger partial charge is 0.481 e. The fourth-order valence-corrected chi connectivity index (χ4v) is 4.01. The van der Waals surface area contributed by atoms with Gasteiger partial charge in [-0.3, -0.25) is 9.59 Å². The molecule has 8 heteroatoms. The van der Waals surface area contributed by atoms with Crippen molar-refractivity contribution in [3.8, 4) is 5.88 Å². The van der Waals surface area contributed by atoms with Crippen LogP contribution >= 0.6 is 0 Å². The maximum Gasteiger partial charge on any atom is 0.306 e. The van der Waals surface area contributed by atoms with Crippen LogP contribution in [-0.4, -0.2) is 40.1 Å². The predicted molar refractivity (Wildman–Crippen MR) is 102 cm³/mol. The minimum absolute atomic E-state index is 0.105. The van der Waals surface area contributed by atoms with E-state index in [9.17, 15) is 9.59 Å². The molecule has 146 valence electrons. The molecule has 2 aromatic rings. The second kappa shape index (κ2) is 7.46. The monoisotopic (exact) mass is 382 g/mol. The predicted octanol–water partition coefficient (Wildman–Crippen LogP) is 2.46. The maximum atomic E-state index is 13.0. The van der Waals surface area contributed by atoms with Gasteiger partial charge in [-0.2, -0.15) is 0 Å². The van der Waals surface area contributed by atoms with Crippen molar-refractivity contribution < 1.29 is 19.4 Å². The van der Waals surface area contributed by atoms with E-state index in [2.05, 4.69) is 9.97 Å². The Kier molecular flexibility index (Phi) is 4.85. The zero-order valence-electron chi connectivity index (χ0n) is 15.4. The first-order chi connectivity index (χ1) is 13.5. The lowest BCUT2D eigenvalue weighted by molar-refractivity contribution is -0.142. The molecule has 1 aliphatic heterocycles. The first-order valence-corrected chi connectivity index (χ1v) is 9.42. The van der Waals surface area contributed by atoms with Crippen LogP contribution in [0.25, 0.3) is 0 Å². The molecule has 0 unspecified atom stereocenters. The molecule has 0 bridgehead atoms. The summed E-state index contributed by atoms with van der Waals surface area (Å²) in [5, 5.41) is 9.15. The number of carbonyl (C=O) groups is 2. The SMILES string of the molecule is Nc1ncnc2c1C(=O)N(c1ccc(C3CCC(C(=O)O)CC3)cc1)CCO2. The van der Waals surface area contributed by atoms with E-state index in [0.29, 0.717) is 31.9 Å². The van der Waals surface area contributed by atoms with Crippen LogP contribution in [0.3, 0.4) is 0 Å². The van der Waals surface area contributed by atoms with Gasteiger partial charge in [0, 0.05) is 5.69 Å². The maximum absolute atomic E-state index is 13.0. The standard InChI is InChI=1S/C20H22N4O4/c21-17-16-18(23-11-22-17)28-10-9-24(19(16)25)15-7-5-13(6-8-15)12-1-3-14(4-2-12)20(26)27/h5-8,11-12,14H,1-4,9-10H2,(H,26,27)(H2,21,22,23). The molecule has 0 atom stereocenters. The minimum Gasteiger partial charge on any atom is -0.481 e. The molecule has 3 N–H and O–H groups in total. The van der Waals surface area contributed by atoms with Gasteiger partial charge in [-0.25, -0.2) is 9.97 Å². The van der Waals surface area contributed by atoms with Crippen LogP contribution < -0.4 is 15.4 Å². The second-order valence-electron chi connectivity index (χ2n) is 7.22. The van der Waals surface area contributed by atoms with E-state index in [4.69, 9.17) is 15.6 Å². The number of carbonyl (C=O) groups excluding carboxylic acids is 1. The minimum atomic E-state index is -0.695. The van der Waals surface area contributed by atoms with Gasteiger partial charge >= 0.3 is 5.97 Å². The fourth-order valence-electron chi connectivity index (χ4n) is 4.01. The summed E-state index contributed by atoms with van der Waals surface area (Å²) in [6.45, 7) is 0.702. The summed E-state index contributed by atoms with van der Waals surface area (Å²) in [7, 11) is 0. The average molecular weight is 382 g/mol. The number of rotatable bonds is 3. The van der Waals surface area contributed by atoms with Gasteiger partial charge < -0.3 is 20.5 Å². The Balaban J connectivity index is 1.52. The van der Waals surface area contributed by atoms with Crippen LogP contribution in [0.2, 0.25) is 0 Å². The molecule has 8 nitrogen and oxygen atoms in total. The zero-order chi connectivity index (χ0) is 19.7. The number of benzene rings is 1. The van der Waals surface area contributed by atoms with Crippen LogP contribution in [0.5, 0.6) is 5.88 Å². The number of aromatic nitrogens is 2. The number of carboxylic acid groups (broad SMARTS) is 1. The highest BCUT2D eigenvalue weighted by atomic mass is 16.5. The Hall–Kier alpha value is -3.16. The van der Waals surface area contributed by atoms with Crippen molar-refractivity contribution >= 4 is 23.4 Å². The molecule has 1 amide bonds. The van der Waals surface area contributed by atoms with Gasteiger partial charge in [0.25, 0.3) is 5.91 Å². The first kappa shape index (κ1) is 18.2. The number of ether oxygens (including phenoxy) is 1. The van der Waals surface area contributed by atoms with E-state index in [1.807, 2.05) is 24.3 Å². The number of hydrogen-bond acceptors (Lipinski definition) is 6. The third-order valence-corrected chi connectivity index (χ3v) is 5.61. The molecule has 1 aliphatic carbocycles. The molecule has 1 aromatic heterocycles. The molecule has 1 saturated carbocycles. The number of amides is 1. The van der Waals surface area contributed by atoms with Gasteiger partial charge in [-0.05, 0) is 49.3 Å². The van der Waals surface area contributed by atoms with Crippen molar-refractivity contribution in [1.29, 1.82) is 0 Å². The Labute approximate surface area is 162 Å². The molecule has 1 aromatic carbocycles. The number of fused-ring (bicyclic) bond motifs is 1.